The molecule has 1 aromatic carbocycles. The lowest BCUT2D eigenvalue weighted by atomic mass is 9.94. The molecule has 0 radical (unpaired) electrons. The van der Waals surface area contributed by atoms with Crippen molar-refractivity contribution >= 4 is 5.91 Å². The molecule has 0 bridgehead atoms. The molecule has 4 rings (SSSR count). The van der Waals surface area contributed by atoms with Crippen LogP contribution in [0, 0.1) is 5.92 Å². The van der Waals surface area contributed by atoms with Crippen LogP contribution in [0.15, 0.2) is 48.2 Å². The van der Waals surface area contributed by atoms with E-state index in [4.69, 9.17) is 4.74 Å². The second-order valence-electron chi connectivity index (χ2n) is 9.04. The van der Waals surface area contributed by atoms with Crippen molar-refractivity contribution in [3.05, 3.63) is 53.8 Å². The van der Waals surface area contributed by atoms with E-state index in [1.165, 1.54) is 11.1 Å². The summed E-state index contributed by atoms with van der Waals surface area (Å²) >= 11 is 0. The van der Waals surface area contributed by atoms with Gasteiger partial charge in [0.25, 0.3) is 0 Å². The SMILES string of the molecule is COc1cccc(CN2CCN(C(=O)C3CCN(CC4=CCN(C)C=C4)CC3)CC2)c1. The molecule has 6 heteroatoms. The first-order chi connectivity index (χ1) is 15.1. The van der Waals surface area contributed by atoms with Crippen molar-refractivity contribution in [3.63, 3.8) is 0 Å². The van der Waals surface area contributed by atoms with E-state index < -0.39 is 0 Å². The summed E-state index contributed by atoms with van der Waals surface area (Å²) in [5.41, 5.74) is 2.66. The number of hydrogen-bond acceptors (Lipinski definition) is 5. The van der Waals surface area contributed by atoms with Gasteiger partial charge in [0, 0.05) is 58.8 Å². The van der Waals surface area contributed by atoms with Crippen LogP contribution in [0.25, 0.3) is 0 Å². The monoisotopic (exact) mass is 424 g/mol. The van der Waals surface area contributed by atoms with E-state index in [-0.39, 0.29) is 5.92 Å². The van der Waals surface area contributed by atoms with Gasteiger partial charge in [-0.15, -0.1) is 0 Å². The van der Waals surface area contributed by atoms with Gasteiger partial charge in [-0.25, -0.2) is 0 Å². The highest BCUT2D eigenvalue weighted by molar-refractivity contribution is 5.79. The molecule has 0 saturated carbocycles. The molecular weight excluding hydrogens is 388 g/mol. The number of ether oxygens (including phenoxy) is 1. The molecule has 0 aromatic heterocycles. The summed E-state index contributed by atoms with van der Waals surface area (Å²) in [6.45, 7) is 8.52. The number of methoxy groups -OCH3 is 1. The van der Waals surface area contributed by atoms with Gasteiger partial charge < -0.3 is 14.5 Å². The van der Waals surface area contributed by atoms with Crippen LogP contribution in [0.1, 0.15) is 18.4 Å². The third-order valence-electron chi connectivity index (χ3n) is 6.75. The Hall–Kier alpha value is -2.31. The highest BCUT2D eigenvalue weighted by Gasteiger charge is 2.30. The van der Waals surface area contributed by atoms with Gasteiger partial charge in [0.15, 0.2) is 0 Å². The largest absolute Gasteiger partial charge is 0.497 e. The summed E-state index contributed by atoms with van der Waals surface area (Å²) < 4.78 is 5.33. The lowest BCUT2D eigenvalue weighted by Gasteiger charge is -2.38. The minimum absolute atomic E-state index is 0.197. The molecule has 0 atom stereocenters. The van der Waals surface area contributed by atoms with Crippen LogP contribution in [-0.2, 0) is 11.3 Å². The van der Waals surface area contributed by atoms with Crippen LogP contribution in [0.5, 0.6) is 5.75 Å². The molecule has 0 aliphatic carbocycles. The number of piperidine rings is 1. The number of rotatable bonds is 6. The van der Waals surface area contributed by atoms with Gasteiger partial charge in [0.1, 0.15) is 5.75 Å². The predicted molar refractivity (Wildman–Crippen MR) is 124 cm³/mol. The Morgan fingerprint density at radius 3 is 2.45 bits per heavy atom. The van der Waals surface area contributed by atoms with Crippen molar-refractivity contribution < 1.29 is 9.53 Å². The maximum atomic E-state index is 13.1. The number of likely N-dealkylation sites (N-methyl/N-ethyl adjacent to an activating group) is 1. The quantitative estimate of drug-likeness (QED) is 0.702. The predicted octanol–water partition coefficient (Wildman–Crippen LogP) is 2.44. The van der Waals surface area contributed by atoms with Gasteiger partial charge in [0.05, 0.1) is 7.11 Å². The average Bonchev–Trinajstić information content (AvgIpc) is 2.81. The van der Waals surface area contributed by atoms with Gasteiger partial charge in [-0.2, -0.15) is 0 Å². The highest BCUT2D eigenvalue weighted by atomic mass is 16.5. The Labute approximate surface area is 186 Å². The van der Waals surface area contributed by atoms with Crippen LogP contribution in [0.3, 0.4) is 0 Å². The van der Waals surface area contributed by atoms with Gasteiger partial charge in [-0.05, 0) is 61.5 Å². The van der Waals surface area contributed by atoms with E-state index in [1.54, 1.807) is 7.11 Å². The fraction of sp³-hybridized carbons (Fsp3) is 0.560. The van der Waals surface area contributed by atoms with Crippen molar-refractivity contribution in [2.45, 2.75) is 19.4 Å². The summed E-state index contributed by atoms with van der Waals surface area (Å²) in [5.74, 6) is 1.48. The number of hydrogen-bond donors (Lipinski definition) is 0. The molecule has 3 aliphatic rings. The molecule has 2 saturated heterocycles. The zero-order chi connectivity index (χ0) is 21.6. The molecule has 3 heterocycles. The minimum Gasteiger partial charge on any atom is -0.497 e. The standard InChI is InChI=1S/C25H36N4O2/c1-26-10-6-21(7-11-26)19-27-12-8-23(9-13-27)25(30)29-16-14-28(15-17-29)20-22-4-3-5-24(18-22)31-2/h3-7,10,18,23H,8-9,11-17,19-20H2,1-2H3. The first-order valence-electron chi connectivity index (χ1n) is 11.5. The fourth-order valence-electron chi connectivity index (χ4n) is 4.74. The molecule has 1 amide bonds. The maximum Gasteiger partial charge on any atom is 0.225 e. The molecule has 1 aromatic rings. The number of likely N-dealkylation sites (tertiary alicyclic amines) is 1. The second kappa shape index (κ2) is 10.3. The Balaban J connectivity index is 1.19. The zero-order valence-corrected chi connectivity index (χ0v) is 19.0. The van der Waals surface area contributed by atoms with Crippen LogP contribution >= 0.6 is 0 Å². The molecule has 31 heavy (non-hydrogen) atoms. The summed E-state index contributed by atoms with van der Waals surface area (Å²) in [7, 11) is 3.80. The molecule has 6 nitrogen and oxygen atoms in total. The number of nitrogens with zero attached hydrogens (tertiary/aromatic N) is 4. The first kappa shape index (κ1) is 21.9. The number of carbonyl (C=O) groups excluding carboxylic acids is 1. The third-order valence-corrected chi connectivity index (χ3v) is 6.75. The molecule has 3 aliphatic heterocycles. The summed E-state index contributed by atoms with van der Waals surface area (Å²) in [4.78, 5) is 22.3. The van der Waals surface area contributed by atoms with Crippen LogP contribution < -0.4 is 4.74 Å². The lowest BCUT2D eigenvalue weighted by molar-refractivity contribution is -0.138. The van der Waals surface area contributed by atoms with Crippen molar-refractivity contribution in [3.8, 4) is 5.75 Å². The molecule has 168 valence electrons. The first-order valence-corrected chi connectivity index (χ1v) is 11.5. The number of amides is 1. The second-order valence-corrected chi connectivity index (χ2v) is 9.04. The Kier molecular flexibility index (Phi) is 7.30. The third kappa shape index (κ3) is 5.89. The molecule has 0 N–H and O–H groups in total. The van der Waals surface area contributed by atoms with Crippen molar-refractivity contribution in [1.82, 2.24) is 19.6 Å². The Bertz CT molecular complexity index is 805. The van der Waals surface area contributed by atoms with E-state index in [1.807, 2.05) is 12.1 Å². The lowest BCUT2D eigenvalue weighted by Crippen LogP contribution is -2.51. The Morgan fingerprint density at radius 2 is 1.77 bits per heavy atom. The highest BCUT2D eigenvalue weighted by Crippen LogP contribution is 2.22. The average molecular weight is 425 g/mol. The number of benzene rings is 1. The van der Waals surface area contributed by atoms with Gasteiger partial charge in [-0.3, -0.25) is 14.6 Å². The fourth-order valence-corrected chi connectivity index (χ4v) is 4.74. The van der Waals surface area contributed by atoms with Crippen LogP contribution in [0.4, 0.5) is 0 Å². The molecule has 0 spiro atoms. The van der Waals surface area contributed by atoms with E-state index in [0.717, 1.165) is 77.5 Å². The van der Waals surface area contributed by atoms with Crippen LogP contribution in [-0.4, -0.2) is 92.0 Å². The smallest absolute Gasteiger partial charge is 0.225 e. The summed E-state index contributed by atoms with van der Waals surface area (Å²) in [6, 6.07) is 8.26. The Morgan fingerprint density at radius 1 is 1.03 bits per heavy atom. The molecule has 2 fully saturated rings. The van der Waals surface area contributed by atoms with E-state index in [2.05, 4.69) is 57.1 Å². The van der Waals surface area contributed by atoms with Crippen molar-refractivity contribution in [1.29, 1.82) is 0 Å². The van der Waals surface area contributed by atoms with Gasteiger partial charge in [0.2, 0.25) is 5.91 Å². The zero-order valence-electron chi connectivity index (χ0n) is 19.0. The van der Waals surface area contributed by atoms with Crippen molar-refractivity contribution in [2.24, 2.45) is 5.92 Å². The molecular formula is C25H36N4O2. The van der Waals surface area contributed by atoms with E-state index in [9.17, 15) is 4.79 Å². The van der Waals surface area contributed by atoms with Crippen molar-refractivity contribution in [2.75, 3.05) is 66.5 Å². The van der Waals surface area contributed by atoms with Gasteiger partial charge in [-0.1, -0.05) is 18.2 Å². The van der Waals surface area contributed by atoms with Crippen LogP contribution in [0.2, 0.25) is 0 Å². The van der Waals surface area contributed by atoms with E-state index in [0.29, 0.717) is 5.91 Å². The normalized spacial score (nSPS) is 21.3. The summed E-state index contributed by atoms with van der Waals surface area (Å²) in [5, 5.41) is 0. The number of piperazine rings is 1. The topological polar surface area (TPSA) is 39.3 Å². The van der Waals surface area contributed by atoms with Gasteiger partial charge >= 0.3 is 0 Å². The minimum atomic E-state index is 0.197. The molecule has 0 unspecified atom stereocenters. The summed E-state index contributed by atoms with van der Waals surface area (Å²) in [6.07, 6.45) is 8.65. The van der Waals surface area contributed by atoms with E-state index >= 15 is 0 Å². The maximum absolute atomic E-state index is 13.1. The number of carbonyl (C=O) groups is 1.